The predicted molar refractivity (Wildman–Crippen MR) is 222 cm³/mol. The van der Waals surface area contributed by atoms with Crippen LogP contribution in [0.4, 0.5) is 0 Å². The van der Waals surface area contributed by atoms with E-state index in [4.69, 9.17) is 9.47 Å². The molecule has 3 aliphatic heterocycles. The van der Waals surface area contributed by atoms with Gasteiger partial charge < -0.3 is 9.47 Å². The average Bonchev–Trinajstić information content (AvgIpc) is 3.14. The highest BCUT2D eigenvalue weighted by Crippen LogP contribution is 2.27. The van der Waals surface area contributed by atoms with E-state index in [0.717, 1.165) is 52.5 Å². The summed E-state index contributed by atoms with van der Waals surface area (Å²) in [6, 6.07) is 21.6. The van der Waals surface area contributed by atoms with Crippen molar-refractivity contribution in [2.75, 3.05) is 59.7 Å². The molecule has 288 valence electrons. The quantitative estimate of drug-likeness (QED) is 0.175. The van der Waals surface area contributed by atoms with Gasteiger partial charge in [-0.25, -0.2) is 0 Å². The summed E-state index contributed by atoms with van der Waals surface area (Å²) in [5.74, 6) is 1.88. The fraction of sp³-hybridized carbons (Fsp3) is 0.617. The van der Waals surface area contributed by atoms with Gasteiger partial charge in [0.25, 0.3) is 0 Å². The molecule has 0 amide bonds. The molecule has 3 heterocycles. The summed E-state index contributed by atoms with van der Waals surface area (Å²) >= 11 is 0. The van der Waals surface area contributed by atoms with Crippen molar-refractivity contribution in [1.29, 1.82) is 0 Å². The maximum Gasteiger partial charge on any atom is 0.0615 e. The van der Waals surface area contributed by atoms with Crippen molar-refractivity contribution in [3.05, 3.63) is 105 Å². The Morgan fingerprint density at radius 1 is 0.558 bits per heavy atom. The van der Waals surface area contributed by atoms with Crippen LogP contribution >= 0.6 is 0 Å². The smallest absolute Gasteiger partial charge is 0.0615 e. The lowest BCUT2D eigenvalue weighted by atomic mass is 9.93. The Kier molecular flexibility index (Phi) is 17.3. The Bertz CT molecular complexity index is 1500. The van der Waals surface area contributed by atoms with Crippen molar-refractivity contribution in [2.45, 2.75) is 131 Å². The Hall–Kier alpha value is -2.54. The number of benzene rings is 3. The summed E-state index contributed by atoms with van der Waals surface area (Å²) in [5, 5.41) is 0. The predicted octanol–water partition coefficient (Wildman–Crippen LogP) is 9.99. The van der Waals surface area contributed by atoms with E-state index in [1.807, 2.05) is 0 Å². The lowest BCUT2D eigenvalue weighted by molar-refractivity contribution is 0.0909. The third-order valence-electron chi connectivity index (χ3n) is 11.2. The summed E-state index contributed by atoms with van der Waals surface area (Å²) in [5.41, 5.74) is 13.6. The number of fused-ring (bicyclic) bond motifs is 3. The second-order valence-corrected chi connectivity index (χ2v) is 16.3. The van der Waals surface area contributed by atoms with Crippen LogP contribution < -0.4 is 0 Å². The minimum absolute atomic E-state index is 0.505. The molecule has 1 unspecified atom stereocenters. The van der Waals surface area contributed by atoms with Gasteiger partial charge in [-0.1, -0.05) is 103 Å². The van der Waals surface area contributed by atoms with E-state index in [1.165, 1.54) is 84.3 Å². The molecule has 0 saturated heterocycles. The molecule has 5 nitrogen and oxygen atoms in total. The van der Waals surface area contributed by atoms with E-state index in [2.05, 4.69) is 132 Å². The zero-order chi connectivity index (χ0) is 37.6. The Morgan fingerprint density at radius 2 is 1.00 bits per heavy atom. The molecular formula is C47H73N3O2. The monoisotopic (exact) mass is 712 g/mol. The molecule has 3 aromatic rings. The second kappa shape index (κ2) is 21.4. The first-order chi connectivity index (χ1) is 25.0. The molecule has 52 heavy (non-hydrogen) atoms. The van der Waals surface area contributed by atoms with E-state index in [1.54, 1.807) is 18.2 Å². The molecule has 0 saturated carbocycles. The Labute approximate surface area is 319 Å². The van der Waals surface area contributed by atoms with E-state index >= 15 is 0 Å². The minimum Gasteiger partial charge on any atom is -0.383 e. The van der Waals surface area contributed by atoms with Crippen molar-refractivity contribution in [3.63, 3.8) is 0 Å². The summed E-state index contributed by atoms with van der Waals surface area (Å²) in [7, 11) is 1.78. The summed E-state index contributed by atoms with van der Waals surface area (Å²) < 4.78 is 10.7. The molecule has 6 rings (SSSR count). The van der Waals surface area contributed by atoms with E-state index < -0.39 is 0 Å². The summed E-state index contributed by atoms with van der Waals surface area (Å²) in [6.45, 7) is 31.8. The molecule has 3 aliphatic rings. The average molecular weight is 712 g/mol. The molecule has 0 aromatic heterocycles. The van der Waals surface area contributed by atoms with Gasteiger partial charge in [-0.05, 0) is 114 Å². The molecule has 3 aromatic carbocycles. The van der Waals surface area contributed by atoms with E-state index in [0.29, 0.717) is 23.8 Å². The van der Waals surface area contributed by atoms with Crippen LogP contribution in [0.2, 0.25) is 0 Å². The largest absolute Gasteiger partial charge is 0.383 e. The summed E-state index contributed by atoms with van der Waals surface area (Å²) in [6.07, 6.45) is 4.84. The maximum atomic E-state index is 5.44. The van der Waals surface area contributed by atoms with Gasteiger partial charge in [0.05, 0.1) is 13.2 Å². The van der Waals surface area contributed by atoms with E-state index in [-0.39, 0.29) is 0 Å². The van der Waals surface area contributed by atoms with Crippen LogP contribution in [-0.4, -0.2) is 80.4 Å². The topological polar surface area (TPSA) is 28.2 Å². The van der Waals surface area contributed by atoms with Crippen LogP contribution in [0.15, 0.2) is 54.6 Å². The normalized spacial score (nSPS) is 16.8. The molecule has 0 bridgehead atoms. The first-order valence-corrected chi connectivity index (χ1v) is 20.6. The van der Waals surface area contributed by atoms with Crippen LogP contribution in [0.3, 0.4) is 0 Å². The number of ether oxygens (including phenoxy) is 2. The molecule has 5 heteroatoms. The van der Waals surface area contributed by atoms with Gasteiger partial charge in [-0.3, -0.25) is 14.7 Å². The number of hydrogen-bond donors (Lipinski definition) is 0. The van der Waals surface area contributed by atoms with Gasteiger partial charge >= 0.3 is 0 Å². The van der Waals surface area contributed by atoms with Crippen LogP contribution in [0.1, 0.15) is 137 Å². The van der Waals surface area contributed by atoms with Crippen molar-refractivity contribution < 1.29 is 9.47 Å². The van der Waals surface area contributed by atoms with Crippen LogP contribution in [-0.2, 0) is 48.4 Å². The van der Waals surface area contributed by atoms with Crippen LogP contribution in [0.5, 0.6) is 0 Å². The molecule has 1 atom stereocenters. The van der Waals surface area contributed by atoms with Gasteiger partial charge in [-0.15, -0.1) is 0 Å². The van der Waals surface area contributed by atoms with Crippen LogP contribution in [0, 0.1) is 0 Å². The highest BCUT2D eigenvalue weighted by Gasteiger charge is 2.21. The fourth-order valence-electron chi connectivity index (χ4n) is 7.71. The second-order valence-electron chi connectivity index (χ2n) is 16.3. The van der Waals surface area contributed by atoms with Crippen molar-refractivity contribution in [2.24, 2.45) is 0 Å². The van der Waals surface area contributed by atoms with Crippen molar-refractivity contribution >= 4 is 0 Å². The minimum atomic E-state index is 0.505. The zero-order valence-electron chi connectivity index (χ0n) is 34.8. The molecule has 0 N–H and O–H groups in total. The van der Waals surface area contributed by atoms with Crippen molar-refractivity contribution in [3.8, 4) is 0 Å². The first kappa shape index (κ1) is 42.2. The van der Waals surface area contributed by atoms with Gasteiger partial charge in [0, 0.05) is 65.6 Å². The van der Waals surface area contributed by atoms with Gasteiger partial charge in [0.2, 0.25) is 0 Å². The highest BCUT2D eigenvalue weighted by molar-refractivity contribution is 5.37. The Balaban J connectivity index is 0.000000175. The molecule has 0 fully saturated rings. The van der Waals surface area contributed by atoms with Crippen LogP contribution in [0.25, 0.3) is 0 Å². The standard InChI is InChI=1S/2C16H25NO.C15H23N/c1-12(2)15-6-5-14-7-8-17(10-16(14)9-15)13(3)11-18-4;1-4-18-10-9-17-8-7-14-5-6-15(13(2)3)11-16(14)12-17;1-4-8-16-9-7-13-5-6-14(12(2)3)10-15(13)11-16/h5-6,9,12-13H,7-8,10-11H2,1-4H3;5-6,11,13H,4,7-10,12H2,1-3H3;5-6,10,12H,4,7-9,11H2,1-3H3. The third-order valence-corrected chi connectivity index (χ3v) is 11.2. The first-order valence-electron chi connectivity index (χ1n) is 20.6. The summed E-state index contributed by atoms with van der Waals surface area (Å²) in [4.78, 5) is 7.60. The highest BCUT2D eigenvalue weighted by atomic mass is 16.5. The van der Waals surface area contributed by atoms with Gasteiger partial charge in [-0.2, -0.15) is 0 Å². The molecule has 0 aliphatic carbocycles. The Morgan fingerprint density at radius 3 is 1.42 bits per heavy atom. The SMILES string of the molecule is CCCN1CCc2ccc(C(C)C)cc2C1.CCOCCN1CCc2ccc(C(C)C)cc2C1.COCC(C)N1CCc2ccc(C(C)C)cc2C1. The molecule has 0 spiro atoms. The number of methoxy groups -OCH3 is 1. The number of hydrogen-bond acceptors (Lipinski definition) is 5. The third kappa shape index (κ3) is 12.5. The lowest BCUT2D eigenvalue weighted by Gasteiger charge is -2.33. The van der Waals surface area contributed by atoms with Gasteiger partial charge in [0.15, 0.2) is 0 Å². The fourth-order valence-corrected chi connectivity index (χ4v) is 7.71. The zero-order valence-corrected chi connectivity index (χ0v) is 34.8. The number of nitrogens with zero attached hydrogens (tertiary/aromatic N) is 3. The molecular weight excluding hydrogens is 639 g/mol. The number of rotatable bonds is 12. The lowest BCUT2D eigenvalue weighted by Crippen LogP contribution is -2.39. The maximum absolute atomic E-state index is 5.44. The van der Waals surface area contributed by atoms with E-state index in [9.17, 15) is 0 Å². The molecule has 0 radical (unpaired) electrons. The van der Waals surface area contributed by atoms with Gasteiger partial charge in [0.1, 0.15) is 0 Å². The van der Waals surface area contributed by atoms with Crippen molar-refractivity contribution in [1.82, 2.24) is 14.7 Å².